The monoisotopic (exact) mass is 207 g/mol. The summed E-state index contributed by atoms with van der Waals surface area (Å²) in [7, 11) is 1.30. The molecule has 1 rings (SSSR count). The van der Waals surface area contributed by atoms with Crippen molar-refractivity contribution < 1.29 is 14.6 Å². The van der Waals surface area contributed by atoms with E-state index in [1.165, 1.54) is 13.2 Å². The molecule has 0 atom stereocenters. The topological polar surface area (TPSA) is 72.5 Å². The maximum Gasteiger partial charge on any atom is 0.333 e. The summed E-state index contributed by atoms with van der Waals surface area (Å²) in [6.45, 7) is 1.61. The SMILES string of the molecule is COC(=O)/C(C)=C/c1cccc(N)c1O. The van der Waals surface area contributed by atoms with E-state index in [2.05, 4.69) is 4.74 Å². The number of hydrogen-bond acceptors (Lipinski definition) is 4. The molecule has 0 aliphatic carbocycles. The molecule has 1 aromatic carbocycles. The van der Waals surface area contributed by atoms with Gasteiger partial charge in [-0.25, -0.2) is 4.79 Å². The summed E-state index contributed by atoms with van der Waals surface area (Å²) in [6, 6.07) is 4.95. The van der Waals surface area contributed by atoms with Crippen LogP contribution in [0, 0.1) is 0 Å². The molecule has 0 saturated carbocycles. The molecule has 0 aliphatic rings. The van der Waals surface area contributed by atoms with Gasteiger partial charge in [0, 0.05) is 11.1 Å². The number of aromatic hydroxyl groups is 1. The van der Waals surface area contributed by atoms with Gasteiger partial charge in [-0.05, 0) is 19.1 Å². The molecule has 0 aliphatic heterocycles. The van der Waals surface area contributed by atoms with Gasteiger partial charge in [0.05, 0.1) is 12.8 Å². The number of phenols is 1. The van der Waals surface area contributed by atoms with Gasteiger partial charge >= 0.3 is 5.97 Å². The Morgan fingerprint density at radius 1 is 1.53 bits per heavy atom. The van der Waals surface area contributed by atoms with Crippen LogP contribution in [0.3, 0.4) is 0 Å². The summed E-state index contributed by atoms with van der Waals surface area (Å²) in [5.74, 6) is -0.461. The Kier molecular flexibility index (Phi) is 3.33. The van der Waals surface area contributed by atoms with Crippen molar-refractivity contribution in [3.63, 3.8) is 0 Å². The molecule has 0 fully saturated rings. The molecule has 0 amide bonds. The Labute approximate surface area is 88.0 Å². The molecule has 0 unspecified atom stereocenters. The van der Waals surface area contributed by atoms with Crippen LogP contribution in [0.15, 0.2) is 23.8 Å². The van der Waals surface area contributed by atoms with Crippen molar-refractivity contribution >= 4 is 17.7 Å². The number of anilines is 1. The highest BCUT2D eigenvalue weighted by Gasteiger charge is 2.06. The Morgan fingerprint density at radius 2 is 2.20 bits per heavy atom. The number of nitrogens with two attached hydrogens (primary N) is 1. The molecule has 15 heavy (non-hydrogen) atoms. The molecule has 0 radical (unpaired) electrons. The van der Waals surface area contributed by atoms with Crippen LogP contribution in [0.5, 0.6) is 5.75 Å². The van der Waals surface area contributed by atoms with Crippen LogP contribution in [-0.2, 0) is 9.53 Å². The second-order valence-electron chi connectivity index (χ2n) is 3.10. The van der Waals surface area contributed by atoms with E-state index in [-0.39, 0.29) is 11.4 Å². The maximum atomic E-state index is 11.1. The van der Waals surface area contributed by atoms with Crippen molar-refractivity contribution in [2.24, 2.45) is 0 Å². The number of benzene rings is 1. The number of phenolic OH excluding ortho intramolecular Hbond substituents is 1. The zero-order chi connectivity index (χ0) is 11.4. The lowest BCUT2D eigenvalue weighted by molar-refractivity contribution is -0.135. The molecule has 0 spiro atoms. The van der Waals surface area contributed by atoms with E-state index in [1.54, 1.807) is 25.1 Å². The molecule has 4 heteroatoms. The molecule has 80 valence electrons. The van der Waals surface area contributed by atoms with Gasteiger partial charge in [0.2, 0.25) is 0 Å². The van der Waals surface area contributed by atoms with Crippen LogP contribution in [-0.4, -0.2) is 18.2 Å². The number of nitrogen functional groups attached to an aromatic ring is 1. The fourth-order valence-electron chi connectivity index (χ4n) is 1.15. The van der Waals surface area contributed by atoms with E-state index in [4.69, 9.17) is 5.73 Å². The molecule has 4 nitrogen and oxygen atoms in total. The van der Waals surface area contributed by atoms with E-state index in [0.29, 0.717) is 11.1 Å². The average molecular weight is 207 g/mol. The number of rotatable bonds is 2. The van der Waals surface area contributed by atoms with Gasteiger partial charge in [-0.2, -0.15) is 0 Å². The zero-order valence-electron chi connectivity index (χ0n) is 8.65. The average Bonchev–Trinajstić information content (AvgIpc) is 2.23. The minimum Gasteiger partial charge on any atom is -0.505 e. The molecule has 0 bridgehead atoms. The van der Waals surface area contributed by atoms with Gasteiger partial charge in [-0.15, -0.1) is 0 Å². The fourth-order valence-corrected chi connectivity index (χ4v) is 1.15. The van der Waals surface area contributed by atoms with Crippen LogP contribution in [0.4, 0.5) is 5.69 Å². The Bertz CT molecular complexity index is 410. The lowest BCUT2D eigenvalue weighted by atomic mass is 10.1. The highest BCUT2D eigenvalue weighted by atomic mass is 16.5. The normalized spacial score (nSPS) is 11.2. The summed E-state index contributed by atoms with van der Waals surface area (Å²) in [5, 5.41) is 9.58. The molecule has 0 saturated heterocycles. The summed E-state index contributed by atoms with van der Waals surface area (Å²) >= 11 is 0. The molecule has 1 aromatic rings. The highest BCUT2D eigenvalue weighted by molar-refractivity contribution is 5.93. The van der Waals surface area contributed by atoms with Crippen molar-refractivity contribution in [1.29, 1.82) is 0 Å². The maximum absolute atomic E-state index is 11.1. The number of carbonyl (C=O) groups excluding carboxylic acids is 1. The van der Waals surface area contributed by atoms with Gasteiger partial charge in [-0.3, -0.25) is 0 Å². The van der Waals surface area contributed by atoms with Crippen molar-refractivity contribution in [2.45, 2.75) is 6.92 Å². The summed E-state index contributed by atoms with van der Waals surface area (Å²) < 4.78 is 4.53. The molecule has 0 heterocycles. The van der Waals surface area contributed by atoms with Crippen LogP contribution in [0.1, 0.15) is 12.5 Å². The van der Waals surface area contributed by atoms with Crippen molar-refractivity contribution in [2.75, 3.05) is 12.8 Å². The van der Waals surface area contributed by atoms with E-state index in [0.717, 1.165) is 0 Å². The molecular formula is C11H13NO3. The third kappa shape index (κ3) is 2.49. The first-order chi connectivity index (χ1) is 7.06. The number of methoxy groups -OCH3 is 1. The molecule has 0 aromatic heterocycles. The summed E-state index contributed by atoms with van der Waals surface area (Å²) in [4.78, 5) is 11.1. The zero-order valence-corrected chi connectivity index (χ0v) is 8.65. The number of ether oxygens (including phenoxy) is 1. The second kappa shape index (κ2) is 4.50. The second-order valence-corrected chi connectivity index (χ2v) is 3.10. The van der Waals surface area contributed by atoms with Crippen LogP contribution < -0.4 is 5.73 Å². The van der Waals surface area contributed by atoms with E-state index in [1.807, 2.05) is 0 Å². The Morgan fingerprint density at radius 3 is 2.80 bits per heavy atom. The smallest absolute Gasteiger partial charge is 0.333 e. The highest BCUT2D eigenvalue weighted by Crippen LogP contribution is 2.26. The minimum absolute atomic E-state index is 0.0271. The van der Waals surface area contributed by atoms with Gasteiger partial charge < -0.3 is 15.6 Å². The van der Waals surface area contributed by atoms with Gasteiger partial charge in [-0.1, -0.05) is 12.1 Å². The van der Waals surface area contributed by atoms with Crippen LogP contribution in [0.2, 0.25) is 0 Å². The van der Waals surface area contributed by atoms with Gasteiger partial charge in [0.25, 0.3) is 0 Å². The Hall–Kier alpha value is -1.97. The third-order valence-corrected chi connectivity index (χ3v) is 1.98. The lowest BCUT2D eigenvalue weighted by Crippen LogP contribution is -2.01. The fraction of sp³-hybridized carbons (Fsp3) is 0.182. The number of para-hydroxylation sites is 1. The van der Waals surface area contributed by atoms with Crippen molar-refractivity contribution in [3.8, 4) is 5.75 Å². The van der Waals surface area contributed by atoms with E-state index >= 15 is 0 Å². The third-order valence-electron chi connectivity index (χ3n) is 1.98. The lowest BCUT2D eigenvalue weighted by Gasteiger charge is -2.03. The predicted octanol–water partition coefficient (Wildman–Crippen LogP) is 1.55. The summed E-state index contributed by atoms with van der Waals surface area (Å²) in [6.07, 6.45) is 1.53. The summed E-state index contributed by atoms with van der Waals surface area (Å²) in [5.41, 5.74) is 6.69. The Balaban J connectivity index is 3.08. The molecular weight excluding hydrogens is 194 g/mol. The standard InChI is InChI=1S/C11H13NO3/c1-7(11(14)15-2)6-8-4-3-5-9(12)10(8)13/h3-6,13H,12H2,1-2H3/b7-6+. The van der Waals surface area contributed by atoms with E-state index < -0.39 is 5.97 Å². The van der Waals surface area contributed by atoms with Gasteiger partial charge in [0.1, 0.15) is 5.75 Å². The first-order valence-corrected chi connectivity index (χ1v) is 4.40. The largest absolute Gasteiger partial charge is 0.505 e. The molecule has 3 N–H and O–H groups in total. The number of carbonyl (C=O) groups is 1. The number of hydrogen-bond donors (Lipinski definition) is 2. The van der Waals surface area contributed by atoms with Crippen LogP contribution in [0.25, 0.3) is 6.08 Å². The van der Waals surface area contributed by atoms with Crippen molar-refractivity contribution in [1.82, 2.24) is 0 Å². The minimum atomic E-state index is -0.433. The van der Waals surface area contributed by atoms with E-state index in [9.17, 15) is 9.90 Å². The quantitative estimate of drug-likeness (QED) is 0.334. The van der Waals surface area contributed by atoms with Crippen LogP contribution >= 0.6 is 0 Å². The first kappa shape index (κ1) is 11.1. The first-order valence-electron chi connectivity index (χ1n) is 4.40. The van der Waals surface area contributed by atoms with Gasteiger partial charge in [0.15, 0.2) is 0 Å². The number of esters is 1. The predicted molar refractivity (Wildman–Crippen MR) is 58.2 cm³/mol. The van der Waals surface area contributed by atoms with Crippen molar-refractivity contribution in [3.05, 3.63) is 29.3 Å².